The van der Waals surface area contributed by atoms with Gasteiger partial charge in [-0.15, -0.1) is 16.5 Å². The monoisotopic (exact) mass is 411 g/mol. The van der Waals surface area contributed by atoms with Crippen molar-refractivity contribution in [3.05, 3.63) is 35.7 Å². The number of fused-ring (bicyclic) bond motifs is 1. The van der Waals surface area contributed by atoms with Crippen LogP contribution < -0.4 is 5.32 Å². The largest absolute Gasteiger partial charge is 0.394 e. The van der Waals surface area contributed by atoms with Crippen LogP contribution in [-0.2, 0) is 19.6 Å². The summed E-state index contributed by atoms with van der Waals surface area (Å²) in [4.78, 5) is 10.2. The van der Waals surface area contributed by atoms with Crippen molar-refractivity contribution in [2.45, 2.75) is 26.6 Å². The quantitative estimate of drug-likeness (QED) is 0.430. The molecule has 0 aromatic carbocycles. The predicted octanol–water partition coefficient (Wildman–Crippen LogP) is 3.09. The van der Waals surface area contributed by atoms with Crippen LogP contribution in [-0.4, -0.2) is 48.3 Å². The fraction of sp³-hybridized carbons (Fsp3) is 0.333. The maximum absolute atomic E-state index is 9.06. The summed E-state index contributed by atoms with van der Waals surface area (Å²) in [5.41, 5.74) is 2.48. The molecule has 0 spiro atoms. The average molecular weight is 411 g/mol. The average Bonchev–Trinajstić information content (AvgIpc) is 3.42. The van der Waals surface area contributed by atoms with Crippen LogP contribution in [0.5, 0.6) is 0 Å². The van der Waals surface area contributed by atoms with Crippen molar-refractivity contribution in [1.82, 2.24) is 29.5 Å². The number of hydrogen-bond donors (Lipinski definition) is 2. The van der Waals surface area contributed by atoms with Gasteiger partial charge in [0.25, 0.3) is 0 Å². The molecule has 4 aromatic heterocycles. The second-order valence-corrected chi connectivity index (χ2v) is 7.41. The normalized spacial score (nSPS) is 11.7. The zero-order chi connectivity index (χ0) is 20.2. The van der Waals surface area contributed by atoms with E-state index in [0.29, 0.717) is 30.4 Å². The van der Waals surface area contributed by atoms with Gasteiger partial charge in [-0.3, -0.25) is 9.36 Å². The maximum atomic E-state index is 9.06. The number of aromatic nitrogens is 6. The number of aliphatic hydroxyl groups excluding tert-OH is 1. The van der Waals surface area contributed by atoms with Crippen LogP contribution in [0.3, 0.4) is 0 Å². The smallest absolute Gasteiger partial charge is 0.216 e. The lowest BCUT2D eigenvalue weighted by atomic mass is 10.2. The van der Waals surface area contributed by atoms with Gasteiger partial charge in [0.1, 0.15) is 5.52 Å². The summed E-state index contributed by atoms with van der Waals surface area (Å²) in [5.74, 6) is 0.976. The van der Waals surface area contributed by atoms with E-state index < -0.39 is 0 Å². The van der Waals surface area contributed by atoms with Gasteiger partial charge < -0.3 is 10.4 Å². The van der Waals surface area contributed by atoms with Crippen LogP contribution in [0.4, 0.5) is 11.6 Å². The van der Waals surface area contributed by atoms with Crippen LogP contribution in [0.25, 0.3) is 21.5 Å². The standard InChI is InChI=1S/C18H21N9OS/c1-3-26-11-16-14(25-26)6-13(29-16)8-20-17-18(24-19-2)21-9-15(23-17)12-7-22-27(10-12)4-5-28/h6-7,9-11,28H,3-5,8H2,1-2H3,(H,20,23)/b24-19-. The van der Waals surface area contributed by atoms with E-state index in [9.17, 15) is 0 Å². The topological polar surface area (TPSA) is 118 Å². The van der Waals surface area contributed by atoms with Gasteiger partial charge >= 0.3 is 0 Å². The molecule has 0 aliphatic rings. The Labute approximate surface area is 171 Å². The van der Waals surface area contributed by atoms with Gasteiger partial charge in [-0.2, -0.15) is 15.3 Å². The third-order valence-corrected chi connectivity index (χ3v) is 5.31. The lowest BCUT2D eigenvalue weighted by Crippen LogP contribution is -2.02. The van der Waals surface area contributed by atoms with Crippen molar-refractivity contribution in [3.63, 3.8) is 0 Å². The Balaban J connectivity index is 1.56. The molecule has 4 rings (SSSR count). The molecule has 29 heavy (non-hydrogen) atoms. The number of aliphatic hydroxyl groups is 1. The third-order valence-electron chi connectivity index (χ3n) is 4.25. The molecule has 0 radical (unpaired) electrons. The van der Waals surface area contributed by atoms with E-state index in [0.717, 1.165) is 27.2 Å². The number of nitrogens with one attached hydrogen (secondary N) is 1. The van der Waals surface area contributed by atoms with Crippen molar-refractivity contribution in [2.24, 2.45) is 10.2 Å². The van der Waals surface area contributed by atoms with Gasteiger partial charge in [-0.1, -0.05) is 0 Å². The minimum atomic E-state index is 0.0277. The molecule has 0 saturated heterocycles. The highest BCUT2D eigenvalue weighted by Crippen LogP contribution is 2.28. The van der Waals surface area contributed by atoms with E-state index in [1.807, 2.05) is 10.9 Å². The number of rotatable bonds is 8. The Morgan fingerprint density at radius 2 is 2.14 bits per heavy atom. The first-order valence-corrected chi connectivity index (χ1v) is 10.0. The summed E-state index contributed by atoms with van der Waals surface area (Å²) in [6.45, 7) is 3.97. The van der Waals surface area contributed by atoms with E-state index in [-0.39, 0.29) is 6.61 Å². The van der Waals surface area contributed by atoms with Crippen LogP contribution in [0.2, 0.25) is 0 Å². The molecule has 0 aliphatic carbocycles. The molecule has 2 N–H and O–H groups in total. The minimum Gasteiger partial charge on any atom is -0.394 e. The third kappa shape index (κ3) is 4.15. The lowest BCUT2D eigenvalue weighted by molar-refractivity contribution is 0.269. The fourth-order valence-electron chi connectivity index (χ4n) is 2.87. The van der Waals surface area contributed by atoms with Gasteiger partial charge in [-0.25, -0.2) is 9.97 Å². The molecule has 4 aromatic rings. The molecule has 150 valence electrons. The molecule has 10 nitrogen and oxygen atoms in total. The second kappa shape index (κ2) is 8.45. The molecular weight excluding hydrogens is 390 g/mol. The van der Waals surface area contributed by atoms with Crippen molar-refractivity contribution >= 4 is 33.2 Å². The van der Waals surface area contributed by atoms with E-state index in [4.69, 9.17) is 5.11 Å². The summed E-state index contributed by atoms with van der Waals surface area (Å²) >= 11 is 1.70. The Morgan fingerprint density at radius 1 is 1.24 bits per heavy atom. The highest BCUT2D eigenvalue weighted by Gasteiger charge is 2.12. The summed E-state index contributed by atoms with van der Waals surface area (Å²) in [6, 6.07) is 2.08. The van der Waals surface area contributed by atoms with E-state index >= 15 is 0 Å². The van der Waals surface area contributed by atoms with Crippen LogP contribution >= 0.6 is 11.3 Å². The Kier molecular flexibility index (Phi) is 5.58. The van der Waals surface area contributed by atoms with Gasteiger partial charge in [-0.05, 0) is 13.0 Å². The van der Waals surface area contributed by atoms with Crippen molar-refractivity contribution in [1.29, 1.82) is 0 Å². The number of thiophene rings is 1. The highest BCUT2D eigenvalue weighted by molar-refractivity contribution is 7.19. The predicted molar refractivity (Wildman–Crippen MR) is 111 cm³/mol. The lowest BCUT2D eigenvalue weighted by Gasteiger charge is -2.07. The highest BCUT2D eigenvalue weighted by atomic mass is 32.1. The number of azo groups is 1. The summed E-state index contributed by atoms with van der Waals surface area (Å²) in [5, 5.41) is 29.0. The first-order chi connectivity index (χ1) is 14.2. The van der Waals surface area contributed by atoms with Crippen LogP contribution in [0, 0.1) is 0 Å². The summed E-state index contributed by atoms with van der Waals surface area (Å²) < 4.78 is 4.76. The second-order valence-electron chi connectivity index (χ2n) is 6.24. The van der Waals surface area contributed by atoms with Crippen LogP contribution in [0.1, 0.15) is 11.8 Å². The van der Waals surface area contributed by atoms with E-state index in [1.54, 1.807) is 35.5 Å². The summed E-state index contributed by atoms with van der Waals surface area (Å²) in [6.07, 6.45) is 7.23. The van der Waals surface area contributed by atoms with E-state index in [1.165, 1.54) is 0 Å². The van der Waals surface area contributed by atoms with Crippen molar-refractivity contribution in [3.8, 4) is 11.3 Å². The Morgan fingerprint density at radius 3 is 2.90 bits per heavy atom. The fourth-order valence-corrected chi connectivity index (χ4v) is 3.84. The molecule has 0 saturated carbocycles. The van der Waals surface area contributed by atoms with E-state index in [2.05, 4.69) is 54.9 Å². The van der Waals surface area contributed by atoms with Crippen molar-refractivity contribution < 1.29 is 5.11 Å². The molecular formula is C18H21N9OS. The summed E-state index contributed by atoms with van der Waals surface area (Å²) in [7, 11) is 1.60. The maximum Gasteiger partial charge on any atom is 0.216 e. The zero-order valence-corrected chi connectivity index (χ0v) is 17.0. The molecule has 0 bridgehead atoms. The molecule has 0 atom stereocenters. The number of aryl methyl sites for hydroxylation is 1. The number of hydrogen-bond acceptors (Lipinski definition) is 9. The number of anilines is 1. The SMILES string of the molecule is CCn1cc2sc(CNc3nc(-c4cnn(CCO)c4)cnc3/N=N\C)cc2n1. The van der Waals surface area contributed by atoms with Gasteiger partial charge in [0.2, 0.25) is 5.82 Å². The van der Waals surface area contributed by atoms with Gasteiger partial charge in [0.15, 0.2) is 5.82 Å². The Bertz CT molecular complexity index is 1110. The van der Waals surface area contributed by atoms with Gasteiger partial charge in [0, 0.05) is 36.4 Å². The molecule has 11 heteroatoms. The zero-order valence-electron chi connectivity index (χ0n) is 16.1. The Hall–Kier alpha value is -3.18. The molecule has 0 unspecified atom stereocenters. The molecule has 0 aliphatic heterocycles. The molecule has 4 heterocycles. The molecule has 0 amide bonds. The first kappa shape index (κ1) is 19.2. The van der Waals surface area contributed by atoms with Crippen molar-refractivity contribution in [2.75, 3.05) is 19.0 Å². The van der Waals surface area contributed by atoms with Gasteiger partial charge in [0.05, 0.1) is 42.5 Å². The molecule has 0 fully saturated rings. The first-order valence-electron chi connectivity index (χ1n) is 9.20. The number of nitrogens with zero attached hydrogens (tertiary/aromatic N) is 8. The van der Waals surface area contributed by atoms with Crippen LogP contribution in [0.15, 0.2) is 41.1 Å². The minimum absolute atomic E-state index is 0.0277.